The highest BCUT2D eigenvalue weighted by molar-refractivity contribution is 7.90. The number of sulfone groups is 1. The van der Waals surface area contributed by atoms with Crippen molar-refractivity contribution < 1.29 is 13.2 Å². The molecule has 0 amide bonds. The van der Waals surface area contributed by atoms with E-state index in [0.717, 1.165) is 6.26 Å². The largest absolute Gasteiger partial charge is 0.385 e. The van der Waals surface area contributed by atoms with Crippen molar-refractivity contribution in [3.05, 3.63) is 18.3 Å². The van der Waals surface area contributed by atoms with Gasteiger partial charge in [-0.1, -0.05) is 0 Å². The van der Waals surface area contributed by atoms with Crippen LogP contribution in [0.2, 0.25) is 0 Å². The summed E-state index contributed by atoms with van der Waals surface area (Å²) < 4.78 is 28.8. The minimum atomic E-state index is -3.35. The monoisotopic (exact) mass is 284 g/mol. The van der Waals surface area contributed by atoms with Gasteiger partial charge in [-0.05, 0) is 12.1 Å². The van der Waals surface area contributed by atoms with Crippen LogP contribution in [0.5, 0.6) is 0 Å². The fourth-order valence-electron chi connectivity index (χ4n) is 1.94. The van der Waals surface area contributed by atoms with Crippen LogP contribution in [0.1, 0.15) is 0 Å². The second kappa shape index (κ2) is 5.14. The van der Waals surface area contributed by atoms with Gasteiger partial charge in [-0.3, -0.25) is 5.41 Å². The lowest BCUT2D eigenvalue weighted by molar-refractivity contribution is 0.0821. The molecular formula is C11H16N4O3S. The number of rotatable bonds is 3. The first kappa shape index (κ1) is 13.8. The minimum Gasteiger partial charge on any atom is -0.385 e. The van der Waals surface area contributed by atoms with E-state index in [1.165, 1.54) is 6.07 Å². The van der Waals surface area contributed by atoms with Crippen molar-refractivity contribution in [1.29, 1.82) is 5.41 Å². The fourth-order valence-corrected chi connectivity index (χ4v) is 2.78. The van der Waals surface area contributed by atoms with E-state index in [2.05, 4.69) is 4.98 Å². The average molecular weight is 284 g/mol. The third-order valence-electron chi connectivity index (χ3n) is 2.86. The molecule has 7 nitrogen and oxygen atoms in total. The molecule has 1 fully saturated rings. The summed E-state index contributed by atoms with van der Waals surface area (Å²) in [6.45, 7) is 1.22. The first-order valence-corrected chi connectivity index (χ1v) is 7.64. The smallest absolute Gasteiger partial charge is 0.179 e. The highest BCUT2D eigenvalue weighted by Gasteiger charge is 2.27. The van der Waals surface area contributed by atoms with E-state index >= 15 is 0 Å². The molecule has 2 heterocycles. The van der Waals surface area contributed by atoms with Crippen LogP contribution in [0.15, 0.2) is 23.2 Å². The summed E-state index contributed by atoms with van der Waals surface area (Å²) in [7, 11) is -3.35. The van der Waals surface area contributed by atoms with Gasteiger partial charge >= 0.3 is 0 Å². The van der Waals surface area contributed by atoms with E-state index in [-0.39, 0.29) is 10.7 Å². The maximum absolute atomic E-state index is 11.7. The highest BCUT2D eigenvalue weighted by Crippen LogP contribution is 2.23. The van der Waals surface area contributed by atoms with Gasteiger partial charge in [0.2, 0.25) is 0 Å². The third-order valence-corrected chi connectivity index (χ3v) is 3.98. The normalized spacial score (nSPS) is 20.3. The summed E-state index contributed by atoms with van der Waals surface area (Å²) in [6, 6.07) is 3.11. The second-order valence-electron chi connectivity index (χ2n) is 4.36. The van der Waals surface area contributed by atoms with Gasteiger partial charge in [-0.15, -0.1) is 0 Å². The first-order valence-electron chi connectivity index (χ1n) is 5.75. The number of nitrogens with zero attached hydrogens (tertiary/aromatic N) is 2. The molecule has 1 atom stereocenters. The zero-order valence-corrected chi connectivity index (χ0v) is 11.4. The maximum atomic E-state index is 11.7. The molecule has 3 N–H and O–H groups in total. The Morgan fingerprint density at radius 1 is 1.63 bits per heavy atom. The van der Waals surface area contributed by atoms with Crippen LogP contribution in [0.4, 0.5) is 5.82 Å². The lowest BCUT2D eigenvalue weighted by atomic mass is 10.2. The van der Waals surface area contributed by atoms with Crippen molar-refractivity contribution >= 4 is 21.5 Å². The van der Waals surface area contributed by atoms with E-state index in [1.54, 1.807) is 17.2 Å². The molecule has 0 aromatic carbocycles. The van der Waals surface area contributed by atoms with Crippen molar-refractivity contribution in [1.82, 2.24) is 4.98 Å². The van der Waals surface area contributed by atoms with Gasteiger partial charge < -0.3 is 15.4 Å². The number of ether oxygens (including phenoxy) is 1. The molecule has 104 valence electrons. The van der Waals surface area contributed by atoms with E-state index < -0.39 is 15.9 Å². The Kier molecular flexibility index (Phi) is 3.72. The van der Waals surface area contributed by atoms with Crippen LogP contribution >= 0.6 is 0 Å². The zero-order valence-electron chi connectivity index (χ0n) is 10.5. The predicted molar refractivity (Wildman–Crippen MR) is 71.2 cm³/mol. The fraction of sp³-hybridized carbons (Fsp3) is 0.455. The van der Waals surface area contributed by atoms with Crippen LogP contribution < -0.4 is 10.6 Å². The summed E-state index contributed by atoms with van der Waals surface area (Å²) in [5, 5.41) is 7.41. The van der Waals surface area contributed by atoms with Gasteiger partial charge in [0.15, 0.2) is 9.84 Å². The minimum absolute atomic E-state index is 0.0680. The molecule has 1 unspecified atom stereocenters. The van der Waals surface area contributed by atoms with Crippen molar-refractivity contribution in [2.24, 2.45) is 5.73 Å². The number of hydrogen-bond acceptors (Lipinski definition) is 6. The molecule has 1 aliphatic rings. The third kappa shape index (κ3) is 3.02. The molecule has 0 radical (unpaired) electrons. The Morgan fingerprint density at radius 3 is 3.00 bits per heavy atom. The predicted octanol–water partition coefficient (Wildman–Crippen LogP) is -0.374. The average Bonchev–Trinajstić information content (AvgIpc) is 2.38. The number of nitrogens with one attached hydrogen (secondary N) is 1. The van der Waals surface area contributed by atoms with Crippen molar-refractivity contribution in [3.63, 3.8) is 0 Å². The van der Waals surface area contributed by atoms with Crippen molar-refractivity contribution in [2.75, 3.05) is 30.9 Å². The molecule has 2 rings (SSSR count). The van der Waals surface area contributed by atoms with Gasteiger partial charge in [-0.25, -0.2) is 13.4 Å². The molecule has 1 aliphatic heterocycles. The molecule has 1 aromatic rings. The lowest BCUT2D eigenvalue weighted by Crippen LogP contribution is -2.48. The van der Waals surface area contributed by atoms with E-state index in [4.69, 9.17) is 15.9 Å². The molecule has 8 heteroatoms. The van der Waals surface area contributed by atoms with Crippen LogP contribution in [-0.2, 0) is 14.6 Å². The number of aromatic nitrogens is 1. The lowest BCUT2D eigenvalue weighted by Gasteiger charge is -2.33. The maximum Gasteiger partial charge on any atom is 0.179 e. The van der Waals surface area contributed by atoms with Gasteiger partial charge in [0.1, 0.15) is 22.7 Å². The molecule has 0 saturated carbocycles. The van der Waals surface area contributed by atoms with Gasteiger partial charge in [-0.2, -0.15) is 0 Å². The Labute approximate surface area is 111 Å². The highest BCUT2D eigenvalue weighted by atomic mass is 32.2. The number of nitrogens with two attached hydrogens (primary N) is 1. The van der Waals surface area contributed by atoms with Crippen LogP contribution in [0, 0.1) is 5.41 Å². The summed E-state index contributed by atoms with van der Waals surface area (Å²) in [5.74, 6) is 0.320. The van der Waals surface area contributed by atoms with E-state index in [0.29, 0.717) is 25.5 Å². The summed E-state index contributed by atoms with van der Waals surface area (Å²) >= 11 is 0. The van der Waals surface area contributed by atoms with Crippen LogP contribution in [0.25, 0.3) is 0 Å². The molecule has 1 saturated heterocycles. The second-order valence-corrected chi connectivity index (χ2v) is 6.34. The van der Waals surface area contributed by atoms with Crippen molar-refractivity contribution in [2.45, 2.75) is 11.0 Å². The van der Waals surface area contributed by atoms with Gasteiger partial charge in [0, 0.05) is 19.0 Å². The Hall–Kier alpha value is -1.67. The number of morpholine rings is 1. The summed E-state index contributed by atoms with van der Waals surface area (Å²) in [5.41, 5.74) is 5.42. The molecule has 0 aliphatic carbocycles. The van der Waals surface area contributed by atoms with E-state index in [9.17, 15) is 8.42 Å². The number of pyridine rings is 1. The molecule has 19 heavy (non-hydrogen) atoms. The Morgan fingerprint density at radius 2 is 2.37 bits per heavy atom. The SMILES string of the molecule is CS(=O)(=O)c1cccnc1N1CCOC(C(=N)N)C1. The topological polar surface area (TPSA) is 109 Å². The van der Waals surface area contributed by atoms with E-state index in [1.807, 2.05) is 0 Å². The Bertz CT molecular complexity index is 587. The number of amidine groups is 1. The molecule has 0 spiro atoms. The number of hydrogen-bond donors (Lipinski definition) is 2. The first-order chi connectivity index (χ1) is 8.89. The summed E-state index contributed by atoms with van der Waals surface area (Å²) in [6.07, 6.45) is 2.17. The molecule has 1 aromatic heterocycles. The van der Waals surface area contributed by atoms with Crippen LogP contribution in [0.3, 0.4) is 0 Å². The van der Waals surface area contributed by atoms with Crippen molar-refractivity contribution in [3.8, 4) is 0 Å². The Balaban J connectivity index is 2.34. The standard InChI is InChI=1S/C11H16N4O3S/c1-19(16,17)9-3-2-4-14-11(9)15-5-6-18-8(7-15)10(12)13/h2-4,8H,5-7H2,1H3,(H3,12,13). The quantitative estimate of drug-likeness (QED) is 0.579. The van der Waals surface area contributed by atoms with Gasteiger partial charge in [0.25, 0.3) is 0 Å². The zero-order chi connectivity index (χ0) is 14.0. The summed E-state index contributed by atoms with van der Waals surface area (Å²) in [4.78, 5) is 6.11. The molecular weight excluding hydrogens is 268 g/mol. The van der Waals surface area contributed by atoms with Crippen LogP contribution in [-0.4, -0.2) is 51.3 Å². The number of anilines is 1. The molecule has 0 bridgehead atoms. The van der Waals surface area contributed by atoms with Gasteiger partial charge in [0.05, 0.1) is 13.2 Å².